The van der Waals surface area contributed by atoms with Crippen molar-refractivity contribution in [3.8, 4) is 0 Å². The van der Waals surface area contributed by atoms with E-state index in [0.717, 1.165) is 27.9 Å². The summed E-state index contributed by atoms with van der Waals surface area (Å²) in [6.07, 6.45) is 0.427. The van der Waals surface area contributed by atoms with Crippen LogP contribution in [0.2, 0.25) is 0 Å². The number of amides is 2. The fourth-order valence-corrected chi connectivity index (χ4v) is 4.41. The molecule has 3 aromatic carbocycles. The van der Waals surface area contributed by atoms with E-state index in [1.165, 1.54) is 5.56 Å². The second kappa shape index (κ2) is 11.9. The van der Waals surface area contributed by atoms with Gasteiger partial charge in [0, 0.05) is 17.8 Å². The zero-order chi connectivity index (χ0) is 28.1. The topological polar surface area (TPSA) is 113 Å². The Morgan fingerprint density at radius 2 is 1.53 bits per heavy atom. The third-order valence-electron chi connectivity index (χ3n) is 6.57. The van der Waals surface area contributed by atoms with Crippen molar-refractivity contribution in [2.24, 2.45) is 0 Å². The summed E-state index contributed by atoms with van der Waals surface area (Å²) in [4.78, 5) is 25.8. The van der Waals surface area contributed by atoms with Crippen molar-refractivity contribution in [2.75, 3.05) is 17.6 Å². The fraction of sp³-hybridized carbons (Fsp3) is 0.333. The lowest BCUT2D eigenvalue weighted by atomic mass is 9.84. The summed E-state index contributed by atoms with van der Waals surface area (Å²) in [6, 6.07) is 20.8. The van der Waals surface area contributed by atoms with Crippen molar-refractivity contribution >= 4 is 27.6 Å². The van der Waals surface area contributed by atoms with E-state index in [1.807, 2.05) is 44.2 Å². The van der Waals surface area contributed by atoms with Crippen LogP contribution < -0.4 is 10.6 Å². The molecule has 0 fully saturated rings. The van der Waals surface area contributed by atoms with Gasteiger partial charge in [-0.3, -0.25) is 14.1 Å². The zero-order valence-corrected chi connectivity index (χ0v) is 23.4. The van der Waals surface area contributed by atoms with Gasteiger partial charge in [0.25, 0.3) is 16.0 Å². The summed E-state index contributed by atoms with van der Waals surface area (Å²) in [5.41, 5.74) is 6.29. The molecule has 0 radical (unpaired) electrons. The third-order valence-corrected chi connectivity index (χ3v) is 7.29. The molecule has 1 atom stereocenters. The smallest absolute Gasteiger partial charge is 0.266 e. The minimum atomic E-state index is -4.15. The molecule has 0 bridgehead atoms. The van der Waals surface area contributed by atoms with Gasteiger partial charge in [0.05, 0.1) is 11.7 Å². The van der Waals surface area contributed by atoms with Crippen LogP contribution in [0.25, 0.3) is 0 Å². The Balaban J connectivity index is 1.81. The minimum Gasteiger partial charge on any atom is -0.351 e. The fourth-order valence-electron chi connectivity index (χ4n) is 4.05. The van der Waals surface area contributed by atoms with Crippen LogP contribution in [0.5, 0.6) is 0 Å². The molecule has 0 aliphatic carbocycles. The standard InChI is InChI=1S/C30H36N2O5S/c1-20-6-15-26(18-21(20)2)32-29(34)27(23-11-13-25(14-12-23)30(3,4)5)19-22-7-9-24(10-8-22)28(33)31-16-17-38(35,36)37/h6-15,18,27H,16-17,19H2,1-5H3,(H,31,33)(H,32,34)(H,35,36,37). The summed E-state index contributed by atoms with van der Waals surface area (Å²) in [6.45, 7) is 10.3. The van der Waals surface area contributed by atoms with Crippen LogP contribution >= 0.6 is 0 Å². The van der Waals surface area contributed by atoms with Crippen LogP contribution in [-0.4, -0.2) is 37.1 Å². The lowest BCUT2D eigenvalue weighted by Gasteiger charge is -2.22. The molecule has 0 saturated heterocycles. The van der Waals surface area contributed by atoms with E-state index in [0.29, 0.717) is 12.0 Å². The molecule has 0 spiro atoms. The molecule has 38 heavy (non-hydrogen) atoms. The summed E-state index contributed by atoms with van der Waals surface area (Å²) in [5, 5.41) is 5.54. The Bertz CT molecular complexity index is 1390. The van der Waals surface area contributed by atoms with Gasteiger partial charge in [-0.25, -0.2) is 0 Å². The van der Waals surface area contributed by atoms with Gasteiger partial charge >= 0.3 is 0 Å². The van der Waals surface area contributed by atoms with E-state index in [9.17, 15) is 18.0 Å². The Hall–Kier alpha value is -3.49. The molecular formula is C30H36N2O5S. The van der Waals surface area contributed by atoms with Gasteiger partial charge in [0.1, 0.15) is 0 Å². The maximum atomic E-state index is 13.5. The van der Waals surface area contributed by atoms with Gasteiger partial charge in [-0.1, -0.05) is 63.2 Å². The number of carbonyl (C=O) groups excluding carboxylic acids is 2. The predicted octanol–water partition coefficient (Wildman–Crippen LogP) is 5.18. The molecule has 0 aromatic heterocycles. The Kier molecular flexibility index (Phi) is 9.12. The predicted molar refractivity (Wildman–Crippen MR) is 151 cm³/mol. The summed E-state index contributed by atoms with van der Waals surface area (Å²) >= 11 is 0. The molecule has 3 rings (SSSR count). The number of aryl methyl sites for hydroxylation is 2. The number of carbonyl (C=O) groups is 2. The van der Waals surface area contributed by atoms with Crippen LogP contribution in [-0.2, 0) is 26.7 Å². The van der Waals surface area contributed by atoms with E-state index >= 15 is 0 Å². The largest absolute Gasteiger partial charge is 0.351 e. The van der Waals surface area contributed by atoms with E-state index in [2.05, 4.69) is 43.5 Å². The maximum absolute atomic E-state index is 13.5. The third kappa shape index (κ3) is 8.26. The molecule has 2 amide bonds. The number of benzene rings is 3. The normalized spacial score (nSPS) is 12.6. The number of hydrogen-bond donors (Lipinski definition) is 3. The highest BCUT2D eigenvalue weighted by atomic mass is 32.2. The van der Waals surface area contributed by atoms with Crippen molar-refractivity contribution in [1.29, 1.82) is 0 Å². The average Bonchev–Trinajstić information content (AvgIpc) is 2.84. The first-order chi connectivity index (χ1) is 17.7. The van der Waals surface area contributed by atoms with Gasteiger partial charge in [0.15, 0.2) is 0 Å². The van der Waals surface area contributed by atoms with E-state index in [1.54, 1.807) is 24.3 Å². The highest BCUT2D eigenvalue weighted by molar-refractivity contribution is 7.85. The van der Waals surface area contributed by atoms with Gasteiger partial charge in [0.2, 0.25) is 5.91 Å². The molecule has 7 nitrogen and oxygen atoms in total. The SMILES string of the molecule is Cc1ccc(NC(=O)C(Cc2ccc(C(=O)NCCS(=O)(=O)O)cc2)c2ccc(C(C)(C)C)cc2)cc1C. The first kappa shape index (κ1) is 29.1. The van der Waals surface area contributed by atoms with Crippen molar-refractivity contribution in [2.45, 2.75) is 52.4 Å². The molecule has 8 heteroatoms. The second-order valence-electron chi connectivity index (χ2n) is 10.7. The molecular weight excluding hydrogens is 500 g/mol. The van der Waals surface area contributed by atoms with Crippen LogP contribution in [0, 0.1) is 13.8 Å². The van der Waals surface area contributed by atoms with Gasteiger partial charge in [-0.15, -0.1) is 0 Å². The summed E-state index contributed by atoms with van der Waals surface area (Å²) in [5.74, 6) is -1.58. The van der Waals surface area contributed by atoms with Crippen molar-refractivity contribution in [1.82, 2.24) is 5.32 Å². The highest BCUT2D eigenvalue weighted by Crippen LogP contribution is 2.28. The summed E-state index contributed by atoms with van der Waals surface area (Å²) in [7, 11) is -4.15. The van der Waals surface area contributed by atoms with E-state index < -0.39 is 27.7 Å². The van der Waals surface area contributed by atoms with Crippen LogP contribution in [0.1, 0.15) is 64.9 Å². The Morgan fingerprint density at radius 1 is 0.895 bits per heavy atom. The number of nitrogens with one attached hydrogen (secondary N) is 2. The summed E-state index contributed by atoms with van der Waals surface area (Å²) < 4.78 is 30.5. The monoisotopic (exact) mass is 536 g/mol. The number of rotatable bonds is 9. The van der Waals surface area contributed by atoms with Crippen LogP contribution in [0.3, 0.4) is 0 Å². The van der Waals surface area contributed by atoms with Crippen molar-refractivity contribution < 1.29 is 22.6 Å². The highest BCUT2D eigenvalue weighted by Gasteiger charge is 2.23. The second-order valence-corrected chi connectivity index (χ2v) is 12.2. The molecule has 0 saturated carbocycles. The molecule has 3 N–H and O–H groups in total. The van der Waals surface area contributed by atoms with Crippen LogP contribution in [0.15, 0.2) is 66.7 Å². The van der Waals surface area contributed by atoms with Gasteiger partial charge in [-0.05, 0) is 77.8 Å². The molecule has 202 valence electrons. The number of hydrogen-bond acceptors (Lipinski definition) is 4. The lowest BCUT2D eigenvalue weighted by molar-refractivity contribution is -0.117. The quantitative estimate of drug-likeness (QED) is 0.326. The molecule has 1 unspecified atom stereocenters. The molecule has 0 heterocycles. The average molecular weight is 537 g/mol. The zero-order valence-electron chi connectivity index (χ0n) is 22.5. The first-order valence-electron chi connectivity index (χ1n) is 12.5. The molecule has 3 aromatic rings. The van der Waals surface area contributed by atoms with E-state index in [-0.39, 0.29) is 17.9 Å². The van der Waals surface area contributed by atoms with Gasteiger partial charge in [-0.2, -0.15) is 8.42 Å². The minimum absolute atomic E-state index is 0.00647. The Morgan fingerprint density at radius 3 is 2.08 bits per heavy atom. The van der Waals surface area contributed by atoms with Crippen molar-refractivity contribution in [3.63, 3.8) is 0 Å². The maximum Gasteiger partial charge on any atom is 0.266 e. The Labute approximate surface area is 225 Å². The molecule has 0 aliphatic heterocycles. The number of anilines is 1. The first-order valence-corrected chi connectivity index (χ1v) is 14.1. The van der Waals surface area contributed by atoms with Gasteiger partial charge < -0.3 is 10.6 Å². The van der Waals surface area contributed by atoms with E-state index in [4.69, 9.17) is 4.55 Å². The molecule has 0 aliphatic rings. The lowest BCUT2D eigenvalue weighted by Crippen LogP contribution is -2.28. The van der Waals surface area contributed by atoms with Crippen LogP contribution in [0.4, 0.5) is 5.69 Å². The van der Waals surface area contributed by atoms with Crippen molar-refractivity contribution in [3.05, 3.63) is 100 Å².